The zero-order valence-corrected chi connectivity index (χ0v) is 21.2. The van der Waals surface area contributed by atoms with Gasteiger partial charge in [0.1, 0.15) is 27.9 Å². The first kappa shape index (κ1) is 23.9. The minimum absolute atomic E-state index is 0.220. The molecule has 1 unspecified atom stereocenters. The van der Waals surface area contributed by atoms with Gasteiger partial charge >= 0.3 is 5.97 Å². The summed E-state index contributed by atoms with van der Waals surface area (Å²) in [5.41, 5.74) is 3.82. The molecule has 1 aliphatic rings. The number of pyridine rings is 2. The third-order valence-corrected chi connectivity index (χ3v) is 7.76. The molecule has 0 amide bonds. The van der Waals surface area contributed by atoms with Gasteiger partial charge in [0.15, 0.2) is 0 Å². The number of anilines is 2. The molecule has 0 spiro atoms. The molecule has 0 saturated heterocycles. The number of hydrogen-bond donors (Lipinski definition) is 4. The molecule has 1 atom stereocenters. The molecule has 0 fully saturated rings. The van der Waals surface area contributed by atoms with Crippen molar-refractivity contribution in [3.8, 4) is 21.8 Å². The number of aromatic nitrogens is 6. The lowest BCUT2D eigenvalue weighted by Crippen LogP contribution is -2.32. The van der Waals surface area contributed by atoms with Crippen LogP contribution in [0.3, 0.4) is 0 Å². The van der Waals surface area contributed by atoms with Crippen LogP contribution in [0.4, 0.5) is 11.6 Å². The van der Waals surface area contributed by atoms with Crippen LogP contribution < -0.4 is 5.32 Å². The van der Waals surface area contributed by atoms with Crippen LogP contribution in [0.2, 0.25) is 0 Å². The van der Waals surface area contributed by atoms with Gasteiger partial charge in [0.05, 0.1) is 22.3 Å². The number of hydrogen-bond acceptors (Lipinski definition) is 9. The van der Waals surface area contributed by atoms with E-state index in [4.69, 9.17) is 4.98 Å². The first-order valence-electron chi connectivity index (χ1n) is 12.0. The fraction of sp³-hybridized carbons (Fsp3) is 0.185. The number of thiazole rings is 1. The Balaban J connectivity index is 1.30. The standard InChI is InChI=1S/C27H23N7O3S/c1-15-9-20(31-24(10-15)32-23-12-17(6-8-28-23)21-13-30-34-33-21)22-14-29-26(38-22)27(37)7-2-3-16-11-18(25(35)36)4-5-19(16)27/h4-6,8-14,37H,2-3,7H2,1H3,(H,35,36)(H,28,31,32)(H,30,33,34). The summed E-state index contributed by atoms with van der Waals surface area (Å²) in [4.78, 5) is 26.0. The molecule has 0 radical (unpaired) electrons. The Morgan fingerprint density at radius 3 is 2.79 bits per heavy atom. The molecule has 4 aromatic heterocycles. The predicted molar refractivity (Wildman–Crippen MR) is 142 cm³/mol. The van der Waals surface area contributed by atoms with E-state index in [-0.39, 0.29) is 5.56 Å². The Morgan fingerprint density at radius 2 is 1.97 bits per heavy atom. The summed E-state index contributed by atoms with van der Waals surface area (Å²) in [6, 6.07) is 12.5. The molecule has 11 heteroatoms. The molecular weight excluding hydrogens is 502 g/mol. The summed E-state index contributed by atoms with van der Waals surface area (Å²) in [5.74, 6) is 0.268. The number of aliphatic hydroxyl groups is 1. The molecule has 0 saturated carbocycles. The summed E-state index contributed by atoms with van der Waals surface area (Å²) in [6.45, 7) is 1.99. The Labute approximate surface area is 221 Å². The lowest BCUT2D eigenvalue weighted by Gasteiger charge is -2.33. The van der Waals surface area contributed by atoms with E-state index in [1.165, 1.54) is 17.4 Å². The molecule has 6 rings (SSSR count). The van der Waals surface area contributed by atoms with E-state index in [2.05, 4.69) is 30.7 Å². The number of fused-ring (bicyclic) bond motifs is 1. The third-order valence-electron chi connectivity index (χ3n) is 6.59. The number of aryl methyl sites for hydroxylation is 2. The first-order chi connectivity index (χ1) is 18.4. The van der Waals surface area contributed by atoms with Gasteiger partial charge in [-0.05, 0) is 79.3 Å². The van der Waals surface area contributed by atoms with Crippen molar-refractivity contribution in [3.63, 3.8) is 0 Å². The zero-order valence-electron chi connectivity index (χ0n) is 20.3. The maximum atomic E-state index is 11.7. The lowest BCUT2D eigenvalue weighted by atomic mass is 9.79. The average molecular weight is 526 g/mol. The summed E-state index contributed by atoms with van der Waals surface area (Å²) in [5, 5.41) is 35.5. The minimum atomic E-state index is -1.27. The van der Waals surface area contributed by atoms with E-state index in [1.54, 1.807) is 30.7 Å². The van der Waals surface area contributed by atoms with Crippen molar-refractivity contribution in [1.29, 1.82) is 0 Å². The number of rotatable bonds is 6. The number of nitrogens with one attached hydrogen (secondary N) is 2. The second kappa shape index (κ2) is 9.43. The van der Waals surface area contributed by atoms with Crippen molar-refractivity contribution in [1.82, 2.24) is 30.4 Å². The molecule has 10 nitrogen and oxygen atoms in total. The third kappa shape index (κ3) is 4.42. The van der Waals surface area contributed by atoms with Gasteiger partial charge in [-0.1, -0.05) is 6.07 Å². The fourth-order valence-corrected chi connectivity index (χ4v) is 5.81. The number of aromatic carboxylic acids is 1. The molecule has 1 aliphatic carbocycles. The van der Waals surface area contributed by atoms with Gasteiger partial charge < -0.3 is 15.5 Å². The summed E-state index contributed by atoms with van der Waals surface area (Å²) >= 11 is 1.39. The summed E-state index contributed by atoms with van der Waals surface area (Å²) in [6.07, 6.45) is 7.04. The highest BCUT2D eigenvalue weighted by atomic mass is 32.1. The highest BCUT2D eigenvalue weighted by Crippen LogP contribution is 2.43. The van der Waals surface area contributed by atoms with E-state index < -0.39 is 11.6 Å². The van der Waals surface area contributed by atoms with E-state index in [1.807, 2.05) is 31.2 Å². The smallest absolute Gasteiger partial charge is 0.335 e. The van der Waals surface area contributed by atoms with E-state index in [0.717, 1.165) is 40.1 Å². The minimum Gasteiger partial charge on any atom is -0.478 e. The average Bonchev–Trinajstić information content (AvgIpc) is 3.62. The number of benzene rings is 1. The van der Waals surface area contributed by atoms with E-state index >= 15 is 0 Å². The topological polar surface area (TPSA) is 150 Å². The van der Waals surface area contributed by atoms with Crippen LogP contribution in [-0.2, 0) is 12.0 Å². The molecule has 0 bridgehead atoms. The number of aromatic amines is 1. The summed E-state index contributed by atoms with van der Waals surface area (Å²) < 4.78 is 0. The number of H-pyrrole nitrogens is 1. The molecule has 38 heavy (non-hydrogen) atoms. The Bertz CT molecular complexity index is 1650. The van der Waals surface area contributed by atoms with Crippen LogP contribution in [0.15, 0.2) is 61.1 Å². The van der Waals surface area contributed by atoms with Gasteiger partial charge in [-0.3, -0.25) is 0 Å². The van der Waals surface area contributed by atoms with Crippen LogP contribution in [-0.4, -0.2) is 46.5 Å². The van der Waals surface area contributed by atoms with Crippen molar-refractivity contribution < 1.29 is 15.0 Å². The molecule has 0 aliphatic heterocycles. The largest absolute Gasteiger partial charge is 0.478 e. The van der Waals surface area contributed by atoms with E-state index in [9.17, 15) is 15.0 Å². The molecule has 4 heterocycles. The highest BCUT2D eigenvalue weighted by molar-refractivity contribution is 7.15. The zero-order chi connectivity index (χ0) is 26.3. The van der Waals surface area contributed by atoms with Gasteiger partial charge in [-0.25, -0.2) is 19.7 Å². The number of carboxylic acids is 1. The first-order valence-corrected chi connectivity index (χ1v) is 12.8. The van der Waals surface area contributed by atoms with Crippen LogP contribution >= 0.6 is 11.3 Å². The number of carbonyl (C=O) groups is 1. The van der Waals surface area contributed by atoms with Crippen molar-refractivity contribution in [3.05, 3.63) is 88.3 Å². The fourth-order valence-electron chi connectivity index (χ4n) is 4.80. The van der Waals surface area contributed by atoms with Crippen LogP contribution in [0, 0.1) is 6.92 Å². The maximum absolute atomic E-state index is 11.7. The number of nitrogens with zero attached hydrogens (tertiary/aromatic N) is 5. The van der Waals surface area contributed by atoms with Crippen LogP contribution in [0.1, 0.15) is 44.9 Å². The van der Waals surface area contributed by atoms with Crippen molar-refractivity contribution in [2.75, 3.05) is 5.32 Å². The molecule has 1 aromatic carbocycles. The molecule has 4 N–H and O–H groups in total. The SMILES string of the molecule is Cc1cc(Nc2cc(-c3cn[nH]n3)ccn2)nc(-c2cnc(C3(O)CCCc4cc(C(=O)O)ccc43)s2)c1. The molecule has 190 valence electrons. The van der Waals surface area contributed by atoms with Crippen LogP contribution in [0.25, 0.3) is 21.8 Å². The van der Waals surface area contributed by atoms with Crippen molar-refractivity contribution in [2.24, 2.45) is 0 Å². The quantitative estimate of drug-likeness (QED) is 0.247. The predicted octanol–water partition coefficient (Wildman–Crippen LogP) is 4.71. The van der Waals surface area contributed by atoms with E-state index in [0.29, 0.717) is 34.3 Å². The summed E-state index contributed by atoms with van der Waals surface area (Å²) in [7, 11) is 0. The van der Waals surface area contributed by atoms with Crippen LogP contribution in [0.5, 0.6) is 0 Å². The monoisotopic (exact) mass is 525 g/mol. The van der Waals surface area contributed by atoms with Gasteiger partial charge in [0.25, 0.3) is 0 Å². The number of carboxylic acid groups (broad SMARTS) is 1. The lowest BCUT2D eigenvalue weighted by molar-refractivity contribution is 0.0607. The van der Waals surface area contributed by atoms with Crippen molar-refractivity contribution >= 4 is 28.9 Å². The highest BCUT2D eigenvalue weighted by Gasteiger charge is 2.39. The van der Waals surface area contributed by atoms with Gasteiger partial charge in [-0.15, -0.1) is 11.3 Å². The molecular formula is C27H23N7O3S. The second-order valence-corrected chi connectivity index (χ2v) is 10.3. The van der Waals surface area contributed by atoms with Crippen molar-refractivity contribution in [2.45, 2.75) is 31.8 Å². The molecule has 5 aromatic rings. The Kier molecular flexibility index (Phi) is 5.93. The Morgan fingerprint density at radius 1 is 1.08 bits per heavy atom. The van der Waals surface area contributed by atoms with Gasteiger partial charge in [-0.2, -0.15) is 15.4 Å². The second-order valence-electron chi connectivity index (χ2n) is 9.25. The Hall–Kier alpha value is -4.48. The maximum Gasteiger partial charge on any atom is 0.335 e. The van der Waals surface area contributed by atoms with Gasteiger partial charge in [0.2, 0.25) is 0 Å². The normalized spacial score (nSPS) is 16.7. The van der Waals surface area contributed by atoms with Gasteiger partial charge in [0, 0.05) is 18.0 Å².